The molecule has 1 aliphatic heterocycles. The lowest BCUT2D eigenvalue weighted by Crippen LogP contribution is -2.37. The zero-order chi connectivity index (χ0) is 19.8. The van der Waals surface area contributed by atoms with Crippen molar-refractivity contribution in [1.29, 1.82) is 0 Å². The molecule has 2 heterocycles. The van der Waals surface area contributed by atoms with Gasteiger partial charge in [0.25, 0.3) is 0 Å². The van der Waals surface area contributed by atoms with E-state index >= 15 is 0 Å². The van der Waals surface area contributed by atoms with E-state index in [1.807, 2.05) is 4.90 Å². The monoisotopic (exact) mass is 401 g/mol. The predicted molar refractivity (Wildman–Crippen MR) is 108 cm³/mol. The van der Waals surface area contributed by atoms with Crippen LogP contribution in [0, 0.1) is 5.92 Å². The summed E-state index contributed by atoms with van der Waals surface area (Å²) >= 11 is 6.25. The lowest BCUT2D eigenvalue weighted by molar-refractivity contribution is 0.208. The Balaban J connectivity index is 1.97. The largest absolute Gasteiger partial charge is 0.507 e. The highest BCUT2D eigenvalue weighted by atomic mass is 35.5. The van der Waals surface area contributed by atoms with Gasteiger partial charge in [-0.2, -0.15) is 0 Å². The van der Waals surface area contributed by atoms with Gasteiger partial charge in [-0.3, -0.25) is 4.79 Å². The molecule has 6 nitrogen and oxygen atoms in total. The Labute approximate surface area is 166 Å². The fourth-order valence-corrected chi connectivity index (χ4v) is 4.03. The number of hydrogen-bond donors (Lipinski definition) is 3. The number of phenols is 2. The molecule has 4 rings (SSSR count). The molecule has 1 aromatic heterocycles. The smallest absolute Gasteiger partial charge is 0.197 e. The number of nitrogens with zero attached hydrogens (tertiary/aromatic N) is 1. The number of anilines is 1. The van der Waals surface area contributed by atoms with Gasteiger partial charge in [-0.25, -0.2) is 0 Å². The Morgan fingerprint density at radius 2 is 1.96 bits per heavy atom. The van der Waals surface area contributed by atoms with Gasteiger partial charge in [0.15, 0.2) is 11.0 Å². The van der Waals surface area contributed by atoms with Gasteiger partial charge >= 0.3 is 0 Å². The average molecular weight is 402 g/mol. The first kappa shape index (κ1) is 18.7. The van der Waals surface area contributed by atoms with Crippen LogP contribution < -0.4 is 10.3 Å². The minimum Gasteiger partial charge on any atom is -0.507 e. The van der Waals surface area contributed by atoms with E-state index in [1.165, 1.54) is 6.07 Å². The predicted octanol–water partition coefficient (Wildman–Crippen LogP) is 3.73. The van der Waals surface area contributed by atoms with Crippen molar-refractivity contribution in [3.63, 3.8) is 0 Å². The quantitative estimate of drug-likeness (QED) is 0.619. The number of fused-ring (bicyclic) bond motifs is 1. The Kier molecular flexibility index (Phi) is 4.91. The molecule has 0 aliphatic carbocycles. The van der Waals surface area contributed by atoms with Gasteiger partial charge in [0.2, 0.25) is 0 Å². The van der Waals surface area contributed by atoms with E-state index in [4.69, 9.17) is 16.0 Å². The van der Waals surface area contributed by atoms with E-state index in [9.17, 15) is 20.1 Å². The molecule has 0 bridgehead atoms. The van der Waals surface area contributed by atoms with Gasteiger partial charge in [0, 0.05) is 37.4 Å². The normalized spacial score (nSPS) is 17.2. The van der Waals surface area contributed by atoms with Crippen LogP contribution in [0.3, 0.4) is 0 Å². The number of halogens is 1. The standard InChI is InChI=1S/C21H20ClNO5/c22-14-6-2-1-5-13(14)18-9-16(26)19-15(25)8-17(27)20(21(19)28-18)23-7-3-4-12(10-23)11-24/h1-2,5-6,8-9,12,24-25,27H,3-4,7,10-11H2. The zero-order valence-electron chi connectivity index (χ0n) is 15.1. The molecule has 1 unspecified atom stereocenters. The van der Waals surface area contributed by atoms with Gasteiger partial charge in [-0.1, -0.05) is 23.7 Å². The Morgan fingerprint density at radius 3 is 2.71 bits per heavy atom. The van der Waals surface area contributed by atoms with Crippen molar-refractivity contribution in [1.82, 2.24) is 0 Å². The molecule has 1 aliphatic rings. The molecule has 0 saturated carbocycles. The Morgan fingerprint density at radius 1 is 1.18 bits per heavy atom. The third-order valence-electron chi connectivity index (χ3n) is 5.17. The van der Waals surface area contributed by atoms with Crippen molar-refractivity contribution in [2.45, 2.75) is 12.8 Å². The van der Waals surface area contributed by atoms with Crippen LogP contribution in [0.15, 0.2) is 45.6 Å². The Bertz CT molecular complexity index is 1090. The van der Waals surface area contributed by atoms with E-state index in [0.29, 0.717) is 29.4 Å². The van der Waals surface area contributed by atoms with Crippen molar-refractivity contribution in [3.05, 3.63) is 51.6 Å². The summed E-state index contributed by atoms with van der Waals surface area (Å²) in [7, 11) is 0. The van der Waals surface area contributed by atoms with Crippen molar-refractivity contribution in [2.24, 2.45) is 5.92 Å². The number of hydrogen-bond acceptors (Lipinski definition) is 6. The number of aromatic hydroxyl groups is 2. The molecular formula is C21H20ClNO5. The molecular weight excluding hydrogens is 382 g/mol. The molecule has 0 spiro atoms. The number of benzene rings is 2. The zero-order valence-corrected chi connectivity index (χ0v) is 15.8. The third-order valence-corrected chi connectivity index (χ3v) is 5.50. The summed E-state index contributed by atoms with van der Waals surface area (Å²) in [5.41, 5.74) is 0.574. The van der Waals surface area contributed by atoms with Crippen molar-refractivity contribution >= 4 is 28.3 Å². The summed E-state index contributed by atoms with van der Waals surface area (Å²) in [5, 5.41) is 30.8. The first-order chi connectivity index (χ1) is 13.5. The molecule has 7 heteroatoms. The molecule has 146 valence electrons. The van der Waals surface area contributed by atoms with E-state index in [0.717, 1.165) is 18.9 Å². The third kappa shape index (κ3) is 3.19. The van der Waals surface area contributed by atoms with E-state index in [-0.39, 0.29) is 40.8 Å². The fraction of sp³-hybridized carbons (Fsp3) is 0.286. The lowest BCUT2D eigenvalue weighted by Gasteiger charge is -2.34. The summed E-state index contributed by atoms with van der Waals surface area (Å²) in [6.45, 7) is 1.20. The molecule has 3 N–H and O–H groups in total. The maximum Gasteiger partial charge on any atom is 0.197 e. The SMILES string of the molecule is O=c1cc(-c2ccccc2Cl)oc2c(N3CCCC(CO)C3)c(O)cc(O)c12. The maximum atomic E-state index is 12.8. The van der Waals surface area contributed by atoms with Crippen LogP contribution in [-0.2, 0) is 0 Å². The van der Waals surface area contributed by atoms with Gasteiger partial charge < -0.3 is 24.6 Å². The van der Waals surface area contributed by atoms with Crippen molar-refractivity contribution in [3.8, 4) is 22.8 Å². The topological polar surface area (TPSA) is 94.1 Å². The van der Waals surface area contributed by atoms with Gasteiger partial charge in [-0.05, 0) is 30.9 Å². The Hall–Kier alpha value is -2.70. The molecule has 3 aromatic rings. The summed E-state index contributed by atoms with van der Waals surface area (Å²) in [4.78, 5) is 14.7. The second-order valence-corrected chi connectivity index (χ2v) is 7.47. The first-order valence-corrected chi connectivity index (χ1v) is 9.51. The maximum absolute atomic E-state index is 12.8. The highest BCUT2D eigenvalue weighted by molar-refractivity contribution is 6.33. The molecule has 2 aromatic carbocycles. The van der Waals surface area contributed by atoms with Crippen LogP contribution in [0.2, 0.25) is 5.02 Å². The molecule has 1 saturated heterocycles. The summed E-state index contributed by atoms with van der Waals surface area (Å²) < 4.78 is 6.02. The fourth-order valence-electron chi connectivity index (χ4n) is 3.81. The molecule has 1 atom stereocenters. The van der Waals surface area contributed by atoms with E-state index in [1.54, 1.807) is 24.3 Å². The number of phenolic OH excluding ortho intramolecular Hbond substituents is 2. The van der Waals surface area contributed by atoms with E-state index < -0.39 is 5.43 Å². The summed E-state index contributed by atoms with van der Waals surface area (Å²) in [6.07, 6.45) is 1.72. The molecule has 0 radical (unpaired) electrons. The minimum atomic E-state index is -0.425. The summed E-state index contributed by atoms with van der Waals surface area (Å²) in [6, 6.07) is 9.43. The van der Waals surface area contributed by atoms with Crippen LogP contribution in [0.4, 0.5) is 5.69 Å². The van der Waals surface area contributed by atoms with Crippen molar-refractivity contribution in [2.75, 3.05) is 24.6 Å². The number of piperidine rings is 1. The molecule has 0 amide bonds. The lowest BCUT2D eigenvalue weighted by atomic mass is 9.98. The number of aliphatic hydroxyl groups is 1. The first-order valence-electron chi connectivity index (χ1n) is 9.13. The second kappa shape index (κ2) is 7.37. The minimum absolute atomic E-state index is 0.00901. The van der Waals surface area contributed by atoms with E-state index in [2.05, 4.69) is 0 Å². The van der Waals surface area contributed by atoms with Crippen LogP contribution >= 0.6 is 11.6 Å². The number of rotatable bonds is 3. The van der Waals surface area contributed by atoms with Crippen LogP contribution in [0.25, 0.3) is 22.3 Å². The second-order valence-electron chi connectivity index (χ2n) is 7.06. The van der Waals surface area contributed by atoms with Crippen LogP contribution in [0.5, 0.6) is 11.5 Å². The number of aliphatic hydroxyl groups excluding tert-OH is 1. The molecule has 28 heavy (non-hydrogen) atoms. The summed E-state index contributed by atoms with van der Waals surface area (Å²) in [5.74, 6) is -0.199. The van der Waals surface area contributed by atoms with Crippen molar-refractivity contribution < 1.29 is 19.7 Å². The highest BCUT2D eigenvalue weighted by Crippen LogP contribution is 2.42. The van der Waals surface area contributed by atoms with Gasteiger partial charge in [0.05, 0.1) is 5.02 Å². The highest BCUT2D eigenvalue weighted by Gasteiger charge is 2.27. The van der Waals surface area contributed by atoms with Gasteiger partial charge in [0.1, 0.15) is 28.3 Å². The molecule has 1 fully saturated rings. The van der Waals surface area contributed by atoms with Crippen LogP contribution in [0.1, 0.15) is 12.8 Å². The van der Waals surface area contributed by atoms with Crippen LogP contribution in [-0.4, -0.2) is 35.0 Å². The van der Waals surface area contributed by atoms with Gasteiger partial charge in [-0.15, -0.1) is 0 Å². The average Bonchev–Trinajstić information content (AvgIpc) is 2.67.